The van der Waals surface area contributed by atoms with Crippen molar-refractivity contribution in [1.29, 1.82) is 0 Å². The highest BCUT2D eigenvalue weighted by Crippen LogP contribution is 2.36. The summed E-state index contributed by atoms with van der Waals surface area (Å²) in [5, 5.41) is 19.2. The van der Waals surface area contributed by atoms with Crippen LogP contribution < -0.4 is 5.73 Å². The van der Waals surface area contributed by atoms with E-state index in [0.29, 0.717) is 5.56 Å². The largest absolute Gasteiger partial charge is 0.507 e. The fraction of sp³-hybridized carbons (Fsp3) is 0.538. The number of nitrogens with two attached hydrogens (primary N) is 1. The molecule has 0 bridgehead atoms. The van der Waals surface area contributed by atoms with Crippen LogP contribution in [0.3, 0.4) is 0 Å². The van der Waals surface area contributed by atoms with Crippen LogP contribution in [0.25, 0.3) is 0 Å². The molecule has 3 heteroatoms. The van der Waals surface area contributed by atoms with Gasteiger partial charge in [0.2, 0.25) is 0 Å². The quantitative estimate of drug-likeness (QED) is 0.718. The first-order chi connectivity index (χ1) is 7.27. The Hall–Kier alpha value is -1.06. The van der Waals surface area contributed by atoms with Gasteiger partial charge in [0, 0.05) is 5.56 Å². The summed E-state index contributed by atoms with van der Waals surface area (Å²) in [7, 11) is 0. The molecule has 0 fully saturated rings. The second kappa shape index (κ2) is 4.44. The van der Waals surface area contributed by atoms with Crippen molar-refractivity contribution in [2.24, 2.45) is 5.73 Å². The first kappa shape index (κ1) is 13.0. The Morgan fingerprint density at radius 3 is 2.31 bits per heavy atom. The SMILES string of the molecule is Cc1cc(C(N)CO)c(O)c(C(C)(C)C)c1. The normalized spacial score (nSPS) is 13.9. The number of aromatic hydroxyl groups is 1. The lowest BCUT2D eigenvalue weighted by Crippen LogP contribution is -2.18. The van der Waals surface area contributed by atoms with E-state index in [4.69, 9.17) is 10.8 Å². The number of aliphatic hydroxyl groups is 1. The van der Waals surface area contributed by atoms with Gasteiger partial charge in [-0.25, -0.2) is 0 Å². The molecule has 0 saturated carbocycles. The molecule has 1 rings (SSSR count). The average Bonchev–Trinajstić information content (AvgIpc) is 2.18. The molecule has 1 aromatic rings. The molecule has 0 heterocycles. The Morgan fingerprint density at radius 2 is 1.88 bits per heavy atom. The summed E-state index contributed by atoms with van der Waals surface area (Å²) in [4.78, 5) is 0. The van der Waals surface area contributed by atoms with E-state index in [1.54, 1.807) is 0 Å². The van der Waals surface area contributed by atoms with Gasteiger partial charge in [0.05, 0.1) is 12.6 Å². The maximum absolute atomic E-state index is 10.2. The van der Waals surface area contributed by atoms with E-state index < -0.39 is 6.04 Å². The standard InChI is InChI=1S/C13H21NO2/c1-8-5-9(11(14)7-15)12(16)10(6-8)13(2,3)4/h5-6,11,15-16H,7,14H2,1-4H3. The van der Waals surface area contributed by atoms with Crippen LogP contribution in [-0.4, -0.2) is 16.8 Å². The van der Waals surface area contributed by atoms with Crippen LogP contribution in [0.4, 0.5) is 0 Å². The van der Waals surface area contributed by atoms with E-state index in [1.807, 2.05) is 39.8 Å². The van der Waals surface area contributed by atoms with Crippen molar-refractivity contribution in [1.82, 2.24) is 0 Å². The van der Waals surface area contributed by atoms with Gasteiger partial charge in [-0.1, -0.05) is 38.5 Å². The lowest BCUT2D eigenvalue weighted by atomic mass is 9.83. The number of benzene rings is 1. The van der Waals surface area contributed by atoms with E-state index >= 15 is 0 Å². The molecule has 0 saturated heterocycles. The highest BCUT2D eigenvalue weighted by Gasteiger charge is 2.22. The third kappa shape index (κ3) is 2.54. The van der Waals surface area contributed by atoms with Gasteiger partial charge >= 0.3 is 0 Å². The number of aliphatic hydroxyl groups excluding tert-OH is 1. The Balaban J connectivity index is 3.38. The van der Waals surface area contributed by atoms with Crippen LogP contribution in [0.15, 0.2) is 12.1 Å². The molecule has 0 aliphatic carbocycles. The van der Waals surface area contributed by atoms with Crippen molar-refractivity contribution in [2.45, 2.75) is 39.2 Å². The summed E-state index contributed by atoms with van der Waals surface area (Å²) in [5.74, 6) is 0.208. The Bertz CT molecular complexity index is 380. The zero-order valence-corrected chi connectivity index (χ0v) is 10.4. The lowest BCUT2D eigenvalue weighted by Gasteiger charge is -2.24. The minimum Gasteiger partial charge on any atom is -0.507 e. The van der Waals surface area contributed by atoms with Crippen LogP contribution >= 0.6 is 0 Å². The van der Waals surface area contributed by atoms with Crippen LogP contribution in [-0.2, 0) is 5.41 Å². The van der Waals surface area contributed by atoms with Gasteiger partial charge in [-0.05, 0) is 17.9 Å². The molecule has 4 N–H and O–H groups in total. The Labute approximate surface area is 96.9 Å². The second-order valence-electron chi connectivity index (χ2n) is 5.29. The number of hydrogen-bond acceptors (Lipinski definition) is 3. The highest BCUT2D eigenvalue weighted by molar-refractivity contribution is 5.48. The molecular weight excluding hydrogens is 202 g/mol. The summed E-state index contributed by atoms with van der Waals surface area (Å²) in [5.41, 5.74) is 8.16. The number of phenols is 1. The van der Waals surface area contributed by atoms with E-state index in [2.05, 4.69) is 0 Å². The topological polar surface area (TPSA) is 66.5 Å². The summed E-state index contributed by atoms with van der Waals surface area (Å²) < 4.78 is 0. The van der Waals surface area contributed by atoms with Crippen LogP contribution in [0.5, 0.6) is 5.75 Å². The van der Waals surface area contributed by atoms with Crippen LogP contribution in [0, 0.1) is 6.92 Å². The van der Waals surface area contributed by atoms with Gasteiger partial charge in [0.25, 0.3) is 0 Å². The van der Waals surface area contributed by atoms with Crippen molar-refractivity contribution in [3.8, 4) is 5.75 Å². The molecule has 3 nitrogen and oxygen atoms in total. The predicted molar refractivity (Wildman–Crippen MR) is 65.6 cm³/mol. The van der Waals surface area contributed by atoms with Crippen LogP contribution in [0.1, 0.15) is 43.5 Å². The van der Waals surface area contributed by atoms with Gasteiger partial charge < -0.3 is 15.9 Å². The molecule has 0 amide bonds. The monoisotopic (exact) mass is 223 g/mol. The van der Waals surface area contributed by atoms with Gasteiger partial charge in [-0.15, -0.1) is 0 Å². The van der Waals surface area contributed by atoms with E-state index in [0.717, 1.165) is 11.1 Å². The van der Waals surface area contributed by atoms with Gasteiger partial charge in [0.15, 0.2) is 0 Å². The van der Waals surface area contributed by atoms with Crippen molar-refractivity contribution < 1.29 is 10.2 Å². The number of hydrogen-bond donors (Lipinski definition) is 3. The third-order valence-corrected chi connectivity index (χ3v) is 2.69. The third-order valence-electron chi connectivity index (χ3n) is 2.69. The van der Waals surface area contributed by atoms with Gasteiger partial charge in [-0.3, -0.25) is 0 Å². The number of rotatable bonds is 2. The molecule has 0 aliphatic rings. The Kier molecular flexibility index (Phi) is 3.61. The summed E-state index contributed by atoms with van der Waals surface area (Å²) in [6.45, 7) is 7.91. The summed E-state index contributed by atoms with van der Waals surface area (Å²) in [6, 6.07) is 3.26. The van der Waals surface area contributed by atoms with Crippen LogP contribution in [0.2, 0.25) is 0 Å². The Morgan fingerprint density at radius 1 is 1.31 bits per heavy atom. The highest BCUT2D eigenvalue weighted by atomic mass is 16.3. The molecule has 1 atom stereocenters. The minimum atomic E-state index is -0.527. The van der Waals surface area contributed by atoms with E-state index in [9.17, 15) is 5.11 Å². The second-order valence-corrected chi connectivity index (χ2v) is 5.29. The first-order valence-corrected chi connectivity index (χ1v) is 5.47. The predicted octanol–water partition coefficient (Wildman–Crippen LogP) is 1.99. The van der Waals surface area contributed by atoms with E-state index in [1.165, 1.54) is 0 Å². The van der Waals surface area contributed by atoms with Crippen molar-refractivity contribution >= 4 is 0 Å². The molecule has 1 aromatic carbocycles. The fourth-order valence-electron chi connectivity index (χ4n) is 1.76. The summed E-state index contributed by atoms with van der Waals surface area (Å²) >= 11 is 0. The van der Waals surface area contributed by atoms with Crippen molar-refractivity contribution in [2.75, 3.05) is 6.61 Å². The van der Waals surface area contributed by atoms with Gasteiger partial charge in [-0.2, -0.15) is 0 Å². The maximum atomic E-state index is 10.2. The molecule has 1 unspecified atom stereocenters. The fourth-order valence-corrected chi connectivity index (χ4v) is 1.76. The molecule has 0 spiro atoms. The molecular formula is C13H21NO2. The zero-order valence-electron chi connectivity index (χ0n) is 10.4. The minimum absolute atomic E-state index is 0.139. The number of aryl methyl sites for hydroxylation is 1. The zero-order chi connectivity index (χ0) is 12.5. The first-order valence-electron chi connectivity index (χ1n) is 5.47. The van der Waals surface area contributed by atoms with Gasteiger partial charge in [0.1, 0.15) is 5.75 Å². The lowest BCUT2D eigenvalue weighted by molar-refractivity contribution is 0.264. The summed E-state index contributed by atoms with van der Waals surface area (Å²) in [6.07, 6.45) is 0. The molecule has 0 aromatic heterocycles. The molecule has 16 heavy (non-hydrogen) atoms. The smallest absolute Gasteiger partial charge is 0.124 e. The van der Waals surface area contributed by atoms with Crippen molar-refractivity contribution in [3.05, 3.63) is 28.8 Å². The maximum Gasteiger partial charge on any atom is 0.124 e. The average molecular weight is 223 g/mol. The molecule has 0 aliphatic heterocycles. The molecule has 90 valence electrons. The van der Waals surface area contributed by atoms with E-state index in [-0.39, 0.29) is 17.8 Å². The number of phenolic OH excluding ortho intramolecular Hbond substituents is 1. The molecule has 0 radical (unpaired) electrons. The van der Waals surface area contributed by atoms with Crippen molar-refractivity contribution in [3.63, 3.8) is 0 Å².